The molecule has 0 saturated carbocycles. The summed E-state index contributed by atoms with van der Waals surface area (Å²) in [6.45, 7) is 25.6. The first kappa shape index (κ1) is 88.8. The Kier molecular flexibility index (Phi) is 34.3. The van der Waals surface area contributed by atoms with Gasteiger partial charge in [-0.3, -0.25) is 39.3 Å². The lowest BCUT2D eigenvalue weighted by atomic mass is 10.1. The van der Waals surface area contributed by atoms with Crippen molar-refractivity contribution >= 4 is 133 Å². The zero-order valence-electron chi connectivity index (χ0n) is 62.6. The van der Waals surface area contributed by atoms with E-state index in [4.69, 9.17) is 51.5 Å². The number of rotatable bonds is 20. The minimum atomic E-state index is -2.97. The second-order valence-electron chi connectivity index (χ2n) is 28.0. The van der Waals surface area contributed by atoms with Crippen LogP contribution < -0.4 is 10.6 Å². The standard InChI is InChI=1S/C22H24ClN3OS.C21H22ClN3O2S.C21H24ClN3S.C18H19ClN2O4S2.ClH/c1-15(2)26-7-6-25(14-22(26)27)13-18-10-17(12-24)4-5-21(18)28-20-9-16(3)8-19(23)11-20;1-14-6-17(22)9-18(7-14)28-21-3-2-15(10-23)8-16(21)11-25-5-4-24-19(12-25)20(27)13-26;1-14-6-19(22)9-20(7-14)26-21-5-4-17(10-23)8-18(21)13-25-11-15(2)24-16(3)12-25;1-13-8-15(19)11-17(9-13)26-18-3-2-16(21(22)23)10-14(18)12-20-4-6-27(24,25)7-5-20;/h4-5,8-11,15H,6-7,13-14H2,1-3H3;2-3,6-9,19,24,26H,4-5,11-13H2,1H3;4-9,15-16,24H,11-13H2,1-3H3;2-3,8-11H,4-7,12H2,1H3;1H. The second kappa shape index (κ2) is 42.4. The van der Waals surface area contributed by atoms with Crippen molar-refractivity contribution in [2.24, 2.45) is 0 Å². The fourth-order valence-electron chi connectivity index (χ4n) is 13.2. The summed E-state index contributed by atoms with van der Waals surface area (Å²) in [7, 11) is -2.97. The van der Waals surface area contributed by atoms with Crippen LogP contribution in [0.5, 0.6) is 0 Å². The van der Waals surface area contributed by atoms with Gasteiger partial charge in [-0.15, -0.1) is 12.4 Å². The smallest absolute Gasteiger partial charge is 0.269 e. The van der Waals surface area contributed by atoms with E-state index in [0.717, 1.165) is 118 Å². The van der Waals surface area contributed by atoms with Crippen LogP contribution >= 0.6 is 106 Å². The van der Waals surface area contributed by atoms with Crippen LogP contribution in [0.3, 0.4) is 0 Å². The molecule has 0 aliphatic carbocycles. The molecular formula is C82H90Cl5N11O7S5. The Labute approximate surface area is 690 Å². The Balaban J connectivity index is 0.000000184. The number of hydrogen-bond donors (Lipinski definition) is 3. The van der Waals surface area contributed by atoms with E-state index in [9.17, 15) is 43.9 Å². The quantitative estimate of drug-likeness (QED) is 0.0474. The van der Waals surface area contributed by atoms with E-state index in [1.807, 2.05) is 148 Å². The van der Waals surface area contributed by atoms with E-state index in [1.165, 1.54) is 28.3 Å². The van der Waals surface area contributed by atoms with Crippen LogP contribution in [-0.2, 0) is 45.6 Å². The molecule has 4 saturated heterocycles. The monoisotopic (exact) mass is 1680 g/mol. The lowest BCUT2D eigenvalue weighted by Gasteiger charge is -2.36. The minimum absolute atomic E-state index is 0. The zero-order valence-corrected chi connectivity index (χ0v) is 70.5. The number of ketones is 1. The molecule has 4 fully saturated rings. The molecule has 0 bridgehead atoms. The molecule has 3 unspecified atom stereocenters. The van der Waals surface area contributed by atoms with E-state index in [1.54, 1.807) is 47.4 Å². The van der Waals surface area contributed by atoms with Gasteiger partial charge in [-0.1, -0.05) is 93.5 Å². The molecule has 4 heterocycles. The third-order valence-electron chi connectivity index (χ3n) is 18.2. The third kappa shape index (κ3) is 27.6. The molecule has 28 heteroatoms. The molecular weight excluding hydrogens is 1590 g/mol. The molecule has 110 heavy (non-hydrogen) atoms. The number of piperazine rings is 3. The van der Waals surface area contributed by atoms with Crippen LogP contribution in [0.4, 0.5) is 5.69 Å². The van der Waals surface area contributed by atoms with Crippen LogP contribution in [0, 0.1) is 71.8 Å². The number of amides is 1. The number of halogens is 5. The summed E-state index contributed by atoms with van der Waals surface area (Å²) in [6.07, 6.45) is 0. The predicted molar refractivity (Wildman–Crippen MR) is 448 cm³/mol. The highest BCUT2D eigenvalue weighted by molar-refractivity contribution is 8.00. The Bertz CT molecular complexity index is 4750. The highest BCUT2D eigenvalue weighted by Gasteiger charge is 2.29. The molecule has 3 N–H and O–H groups in total. The Morgan fingerprint density at radius 2 is 0.927 bits per heavy atom. The number of nitrogens with zero attached hydrogens (tertiary/aromatic N) is 9. The molecule has 18 nitrogen and oxygen atoms in total. The van der Waals surface area contributed by atoms with E-state index in [0.29, 0.717) is 96.2 Å². The number of nitrogens with one attached hydrogen (secondary N) is 2. The van der Waals surface area contributed by atoms with Crippen molar-refractivity contribution in [3.63, 3.8) is 0 Å². The number of aryl methyl sites for hydroxylation is 4. The normalized spacial score (nSPS) is 17.3. The molecule has 1 amide bonds. The first-order chi connectivity index (χ1) is 52.0. The molecule has 8 aromatic rings. The molecule has 0 spiro atoms. The van der Waals surface area contributed by atoms with Gasteiger partial charge in [0.1, 0.15) is 6.61 Å². The molecule has 0 aromatic heterocycles. The van der Waals surface area contributed by atoms with Crippen molar-refractivity contribution in [2.75, 3.05) is 83.6 Å². The number of carbonyl (C=O) groups excluding carboxylic acids is 2. The maximum atomic E-state index is 12.4. The van der Waals surface area contributed by atoms with Crippen molar-refractivity contribution in [3.05, 3.63) is 237 Å². The van der Waals surface area contributed by atoms with Gasteiger partial charge >= 0.3 is 0 Å². The summed E-state index contributed by atoms with van der Waals surface area (Å²) in [5.74, 6) is 0.215. The first-order valence-corrected chi connectivity index (χ1v) is 42.3. The number of Topliss-reactive ketones (excluding diaryl/α,β-unsaturated/α-hetero) is 1. The van der Waals surface area contributed by atoms with Crippen LogP contribution in [0.25, 0.3) is 0 Å². The van der Waals surface area contributed by atoms with Crippen LogP contribution in [0.1, 0.15) is 88.9 Å². The molecule has 0 radical (unpaired) electrons. The van der Waals surface area contributed by atoms with Crippen LogP contribution in [0.15, 0.2) is 185 Å². The first-order valence-electron chi connectivity index (χ1n) is 35.7. The van der Waals surface area contributed by atoms with Gasteiger partial charge in [0.05, 0.1) is 63.9 Å². The van der Waals surface area contributed by atoms with Gasteiger partial charge in [-0.05, 0) is 233 Å². The number of benzene rings is 8. The van der Waals surface area contributed by atoms with Gasteiger partial charge < -0.3 is 20.6 Å². The summed E-state index contributed by atoms with van der Waals surface area (Å²) in [5, 5.41) is 57.8. The Morgan fingerprint density at radius 1 is 0.545 bits per heavy atom. The highest BCUT2D eigenvalue weighted by atomic mass is 35.5. The molecule has 12 rings (SSSR count). The van der Waals surface area contributed by atoms with Gasteiger partial charge in [0.2, 0.25) is 5.91 Å². The Morgan fingerprint density at radius 3 is 1.30 bits per heavy atom. The van der Waals surface area contributed by atoms with Crippen molar-refractivity contribution in [1.82, 2.24) is 35.1 Å². The summed E-state index contributed by atoms with van der Waals surface area (Å²) in [5.41, 5.74) is 10.5. The van der Waals surface area contributed by atoms with E-state index >= 15 is 0 Å². The molecule has 8 aromatic carbocycles. The number of nitriles is 3. The Hall–Kier alpha value is -6.71. The third-order valence-corrected chi connectivity index (χ3v) is 25.0. The molecule has 4 aliphatic heterocycles. The lowest BCUT2D eigenvalue weighted by molar-refractivity contribution is -0.385. The number of carbonyl (C=O) groups is 2. The fraction of sp³-hybridized carbons (Fsp3) is 0.354. The van der Waals surface area contributed by atoms with Crippen LogP contribution in [-0.4, -0.2) is 162 Å². The average molecular weight is 1680 g/mol. The average Bonchev–Trinajstić information content (AvgIpc) is 0.835. The number of aliphatic hydroxyl groups excluding tert-OH is 1. The van der Waals surface area contributed by atoms with Gasteiger partial charge in [-0.25, -0.2) is 8.42 Å². The largest absolute Gasteiger partial charge is 0.389 e. The van der Waals surface area contributed by atoms with E-state index in [2.05, 4.69) is 88.6 Å². The fourth-order valence-corrected chi connectivity index (χ4v) is 20.2. The zero-order chi connectivity index (χ0) is 78.6. The summed E-state index contributed by atoms with van der Waals surface area (Å²) in [6, 6.07) is 53.5. The SMILES string of the molecule is Cc1cc(Cl)cc(Sc2ccc(C#N)cc2CN2CC(C)NC(C)C2)c1.Cc1cc(Cl)cc(Sc2ccc(C#N)cc2CN2CCN(C(C)C)C(=O)C2)c1.Cc1cc(Cl)cc(Sc2ccc(C#N)cc2CN2CCNC(C(=O)CO)C2)c1.Cc1cc(Cl)cc(Sc2ccc([N+](=O)[O-])cc2CN2CCS(=O)(=O)CC2)c1.Cl. The van der Waals surface area contributed by atoms with E-state index < -0.39 is 21.4 Å². The van der Waals surface area contributed by atoms with Gasteiger partial charge in [0.15, 0.2) is 15.6 Å². The van der Waals surface area contributed by atoms with Crippen molar-refractivity contribution in [2.45, 2.75) is 145 Å². The molecule has 3 atom stereocenters. The topological polar surface area (TPSA) is 243 Å². The van der Waals surface area contributed by atoms with E-state index in [-0.39, 0.29) is 53.4 Å². The maximum Gasteiger partial charge on any atom is 0.269 e. The number of non-ortho nitro benzene ring substituents is 1. The number of nitro benzene ring substituents is 1. The maximum absolute atomic E-state index is 12.4. The summed E-state index contributed by atoms with van der Waals surface area (Å²) < 4.78 is 23.3. The van der Waals surface area contributed by atoms with Crippen molar-refractivity contribution < 1.29 is 28.0 Å². The molecule has 580 valence electrons. The van der Waals surface area contributed by atoms with Gasteiger partial charge in [0.25, 0.3) is 5.69 Å². The number of aliphatic hydroxyl groups is 1. The summed E-state index contributed by atoms with van der Waals surface area (Å²) in [4.78, 5) is 54.2. The van der Waals surface area contributed by atoms with Gasteiger partial charge in [-0.2, -0.15) is 15.8 Å². The predicted octanol–water partition coefficient (Wildman–Crippen LogP) is 16.9. The lowest BCUT2D eigenvalue weighted by Crippen LogP contribution is -2.54. The summed E-state index contributed by atoms with van der Waals surface area (Å²) >= 11 is 31.2. The van der Waals surface area contributed by atoms with Crippen LogP contribution in [0.2, 0.25) is 20.1 Å². The van der Waals surface area contributed by atoms with Crippen molar-refractivity contribution in [1.29, 1.82) is 15.8 Å². The number of sulfone groups is 1. The molecule has 4 aliphatic rings. The highest BCUT2D eigenvalue weighted by Crippen LogP contribution is 2.39. The minimum Gasteiger partial charge on any atom is -0.389 e. The van der Waals surface area contributed by atoms with Crippen molar-refractivity contribution in [3.8, 4) is 18.2 Å². The number of hydrogen-bond acceptors (Lipinski definition) is 20. The van der Waals surface area contributed by atoms with Gasteiger partial charge in [0, 0.05) is 175 Å². The second-order valence-corrected chi connectivity index (χ2v) is 36.5. The number of nitro groups is 1.